The van der Waals surface area contributed by atoms with Crippen LogP contribution in [0.1, 0.15) is 0 Å². The molecule has 0 atom stereocenters. The van der Waals surface area contributed by atoms with Crippen molar-refractivity contribution >= 4 is 0 Å². The largest absolute Gasteiger partial charge is 0.208 e. The summed E-state index contributed by atoms with van der Waals surface area (Å²) in [4.78, 5) is 30.4. The summed E-state index contributed by atoms with van der Waals surface area (Å²) in [6.45, 7) is 0. The molecule has 0 saturated heterocycles. The zero-order chi connectivity index (χ0) is 44.1. The number of aromatic nitrogens is 6. The lowest BCUT2D eigenvalue weighted by Gasteiger charge is -2.16. The third kappa shape index (κ3) is 8.18. The monoisotopic (exact) mass is 844 g/mol. The molecule has 2 heterocycles. The Morgan fingerprint density at radius 2 is 0.394 bits per heavy atom. The molecular weight excluding hydrogens is 805 g/mol. The molecule has 66 heavy (non-hydrogen) atoms. The van der Waals surface area contributed by atoms with Gasteiger partial charge in [0, 0.05) is 33.4 Å². The average molecular weight is 845 g/mol. The van der Waals surface area contributed by atoms with Crippen LogP contribution in [0.5, 0.6) is 0 Å². The highest BCUT2D eigenvalue weighted by Crippen LogP contribution is 2.40. The standard InChI is InChI=1S/C60H40N6/c1-5-21-41(22-6-1)49-33-15-18-38-54(49)60-65-57(44-27-11-4-12-28-44)64-59(66-60)48-32-20-30-46(40-48)51-35-14-17-37-53(51)52-36-16-13-34-50(52)45-29-19-31-47(39-45)58-62-55(42-23-7-2-8-24-42)61-56(63-58)43-25-9-3-10-26-43/h1-40H. The lowest BCUT2D eigenvalue weighted by atomic mass is 9.88. The Morgan fingerprint density at radius 1 is 0.152 bits per heavy atom. The second-order valence-electron chi connectivity index (χ2n) is 15.9. The normalized spacial score (nSPS) is 11.0. The van der Waals surface area contributed by atoms with Crippen molar-refractivity contribution in [3.63, 3.8) is 0 Å². The van der Waals surface area contributed by atoms with Crippen molar-refractivity contribution in [3.05, 3.63) is 243 Å². The topological polar surface area (TPSA) is 77.3 Å². The van der Waals surface area contributed by atoms with Crippen LogP contribution in [0.4, 0.5) is 0 Å². The van der Waals surface area contributed by atoms with Crippen molar-refractivity contribution < 1.29 is 0 Å². The summed E-state index contributed by atoms with van der Waals surface area (Å²) in [5.74, 6) is 3.70. The number of benzene rings is 9. The molecule has 0 aliphatic carbocycles. The molecule has 6 nitrogen and oxygen atoms in total. The van der Waals surface area contributed by atoms with Crippen molar-refractivity contribution in [1.82, 2.24) is 29.9 Å². The predicted molar refractivity (Wildman–Crippen MR) is 268 cm³/mol. The Kier molecular flexibility index (Phi) is 10.9. The minimum Gasteiger partial charge on any atom is -0.208 e. The van der Waals surface area contributed by atoms with Gasteiger partial charge in [-0.3, -0.25) is 0 Å². The van der Waals surface area contributed by atoms with Gasteiger partial charge in [0.1, 0.15) is 0 Å². The highest BCUT2D eigenvalue weighted by atomic mass is 15.0. The Labute approximate surface area is 383 Å². The molecule has 11 aromatic rings. The number of nitrogens with zero attached hydrogens (tertiary/aromatic N) is 6. The molecule has 11 rings (SSSR count). The first kappa shape index (κ1) is 39.8. The van der Waals surface area contributed by atoms with Crippen LogP contribution >= 0.6 is 0 Å². The summed E-state index contributed by atoms with van der Waals surface area (Å²) in [5.41, 5.74) is 14.2. The third-order valence-electron chi connectivity index (χ3n) is 11.6. The van der Waals surface area contributed by atoms with Gasteiger partial charge in [0.15, 0.2) is 34.9 Å². The molecule has 0 bridgehead atoms. The molecule has 0 unspecified atom stereocenters. The van der Waals surface area contributed by atoms with Crippen LogP contribution < -0.4 is 0 Å². The van der Waals surface area contributed by atoms with Gasteiger partial charge in [0.2, 0.25) is 0 Å². The van der Waals surface area contributed by atoms with Gasteiger partial charge in [-0.2, -0.15) is 0 Å². The van der Waals surface area contributed by atoms with Crippen molar-refractivity contribution in [3.8, 4) is 113 Å². The van der Waals surface area contributed by atoms with E-state index < -0.39 is 0 Å². The highest BCUT2D eigenvalue weighted by molar-refractivity contribution is 5.93. The van der Waals surface area contributed by atoms with E-state index in [0.29, 0.717) is 34.9 Å². The molecule has 0 spiro atoms. The van der Waals surface area contributed by atoms with E-state index in [1.807, 2.05) is 103 Å². The smallest absolute Gasteiger partial charge is 0.164 e. The van der Waals surface area contributed by atoms with E-state index in [1.165, 1.54) is 0 Å². The van der Waals surface area contributed by atoms with Crippen LogP contribution in [0.3, 0.4) is 0 Å². The van der Waals surface area contributed by atoms with Crippen LogP contribution in [0.25, 0.3) is 113 Å². The van der Waals surface area contributed by atoms with Crippen molar-refractivity contribution in [2.24, 2.45) is 0 Å². The molecule has 0 radical (unpaired) electrons. The molecule has 0 aliphatic rings. The zero-order valence-corrected chi connectivity index (χ0v) is 35.8. The average Bonchev–Trinajstić information content (AvgIpc) is 3.41. The van der Waals surface area contributed by atoms with Gasteiger partial charge in [-0.1, -0.05) is 231 Å². The number of rotatable bonds is 10. The molecule has 2 aromatic heterocycles. The quantitative estimate of drug-likeness (QED) is 0.136. The first-order chi connectivity index (χ1) is 32.7. The van der Waals surface area contributed by atoms with E-state index in [0.717, 1.165) is 77.9 Å². The lowest BCUT2D eigenvalue weighted by molar-refractivity contribution is 1.07. The van der Waals surface area contributed by atoms with Gasteiger partial charge >= 0.3 is 0 Å². The minimum atomic E-state index is 0.599. The van der Waals surface area contributed by atoms with Crippen LogP contribution in [0.2, 0.25) is 0 Å². The highest BCUT2D eigenvalue weighted by Gasteiger charge is 2.19. The van der Waals surface area contributed by atoms with E-state index in [2.05, 4.69) is 140 Å². The fourth-order valence-electron chi connectivity index (χ4n) is 8.42. The Balaban J connectivity index is 0.996. The second kappa shape index (κ2) is 18.0. The second-order valence-corrected chi connectivity index (χ2v) is 15.9. The van der Waals surface area contributed by atoms with Gasteiger partial charge < -0.3 is 0 Å². The molecule has 6 heteroatoms. The zero-order valence-electron chi connectivity index (χ0n) is 35.8. The van der Waals surface area contributed by atoms with Gasteiger partial charge in [-0.25, -0.2) is 29.9 Å². The van der Waals surface area contributed by atoms with Crippen molar-refractivity contribution in [2.75, 3.05) is 0 Å². The van der Waals surface area contributed by atoms with Gasteiger partial charge in [-0.05, 0) is 56.6 Å². The first-order valence-electron chi connectivity index (χ1n) is 22.0. The Hall–Kier alpha value is -9.00. The maximum absolute atomic E-state index is 5.20. The maximum Gasteiger partial charge on any atom is 0.164 e. The fourth-order valence-corrected chi connectivity index (χ4v) is 8.42. The Morgan fingerprint density at radius 3 is 0.773 bits per heavy atom. The van der Waals surface area contributed by atoms with E-state index in [1.54, 1.807) is 0 Å². The van der Waals surface area contributed by atoms with Gasteiger partial charge in [-0.15, -0.1) is 0 Å². The molecule has 0 fully saturated rings. The first-order valence-corrected chi connectivity index (χ1v) is 22.0. The third-order valence-corrected chi connectivity index (χ3v) is 11.6. The molecule has 0 saturated carbocycles. The van der Waals surface area contributed by atoms with Crippen LogP contribution in [-0.2, 0) is 0 Å². The van der Waals surface area contributed by atoms with Gasteiger partial charge in [0.05, 0.1) is 0 Å². The summed E-state index contributed by atoms with van der Waals surface area (Å²) in [7, 11) is 0. The van der Waals surface area contributed by atoms with Crippen LogP contribution in [0.15, 0.2) is 243 Å². The predicted octanol–water partition coefficient (Wildman–Crippen LogP) is 14.7. The summed E-state index contributed by atoms with van der Waals surface area (Å²) < 4.78 is 0. The van der Waals surface area contributed by atoms with E-state index >= 15 is 0 Å². The number of hydrogen-bond donors (Lipinski definition) is 0. The summed E-state index contributed by atoms with van der Waals surface area (Å²) in [6, 6.07) is 83.1. The van der Waals surface area contributed by atoms with E-state index in [-0.39, 0.29) is 0 Å². The van der Waals surface area contributed by atoms with E-state index in [4.69, 9.17) is 29.9 Å². The fraction of sp³-hybridized carbons (Fsp3) is 0. The van der Waals surface area contributed by atoms with Crippen LogP contribution in [-0.4, -0.2) is 29.9 Å². The number of hydrogen-bond acceptors (Lipinski definition) is 6. The van der Waals surface area contributed by atoms with Crippen molar-refractivity contribution in [2.45, 2.75) is 0 Å². The molecular formula is C60H40N6. The van der Waals surface area contributed by atoms with Crippen LogP contribution in [0, 0.1) is 0 Å². The minimum absolute atomic E-state index is 0.599. The SMILES string of the molecule is c1ccc(-c2nc(-c3ccccc3)nc(-c3cccc(-c4ccccc4-c4ccccc4-c4cccc(-c5nc(-c6ccccc6)nc(-c6ccccc6-c6ccccc6)n5)c4)c3)n2)cc1. The molecule has 0 amide bonds. The molecule has 0 aliphatic heterocycles. The van der Waals surface area contributed by atoms with Crippen molar-refractivity contribution in [1.29, 1.82) is 0 Å². The summed E-state index contributed by atoms with van der Waals surface area (Å²) >= 11 is 0. The Bertz CT molecular complexity index is 3410. The summed E-state index contributed by atoms with van der Waals surface area (Å²) in [6.07, 6.45) is 0. The lowest BCUT2D eigenvalue weighted by Crippen LogP contribution is -2.01. The summed E-state index contributed by atoms with van der Waals surface area (Å²) in [5, 5.41) is 0. The molecule has 310 valence electrons. The molecule has 9 aromatic carbocycles. The van der Waals surface area contributed by atoms with E-state index in [9.17, 15) is 0 Å². The van der Waals surface area contributed by atoms with Gasteiger partial charge in [0.25, 0.3) is 0 Å². The molecule has 0 N–H and O–H groups in total. The maximum atomic E-state index is 5.20.